The number of aliphatic hydroxyl groups excluding tert-OH is 1. The van der Waals surface area contributed by atoms with E-state index in [1.54, 1.807) is 0 Å². The standard InChI is InChI=1S/C18H35N3O2/c1-3-17(7-5-6-8-17)13-20-16(19-4-2)21-14-18(15-22)9-11-23-12-10-18/h22H,3-15H2,1-2H3,(H2,19,20,21). The van der Waals surface area contributed by atoms with Crippen molar-refractivity contribution < 1.29 is 9.84 Å². The number of aliphatic hydroxyl groups is 1. The van der Waals surface area contributed by atoms with Crippen molar-refractivity contribution in [3.05, 3.63) is 0 Å². The molecule has 1 aliphatic heterocycles. The van der Waals surface area contributed by atoms with Gasteiger partial charge in [-0.1, -0.05) is 19.8 Å². The Morgan fingerprint density at radius 3 is 2.30 bits per heavy atom. The molecule has 0 spiro atoms. The van der Waals surface area contributed by atoms with Crippen molar-refractivity contribution >= 4 is 5.96 Å². The van der Waals surface area contributed by atoms with Gasteiger partial charge in [-0.25, -0.2) is 0 Å². The van der Waals surface area contributed by atoms with E-state index in [2.05, 4.69) is 24.5 Å². The fourth-order valence-electron chi connectivity index (χ4n) is 3.81. The maximum Gasteiger partial charge on any atom is 0.191 e. The molecule has 2 fully saturated rings. The van der Waals surface area contributed by atoms with Crippen LogP contribution in [-0.2, 0) is 4.74 Å². The topological polar surface area (TPSA) is 65.9 Å². The van der Waals surface area contributed by atoms with E-state index < -0.39 is 0 Å². The molecule has 0 atom stereocenters. The van der Waals surface area contributed by atoms with E-state index in [1.165, 1.54) is 32.1 Å². The highest BCUT2D eigenvalue weighted by Crippen LogP contribution is 2.40. The fraction of sp³-hybridized carbons (Fsp3) is 0.944. The van der Waals surface area contributed by atoms with Crippen molar-refractivity contribution in [2.24, 2.45) is 15.8 Å². The second-order valence-electron chi connectivity index (χ2n) is 7.38. The van der Waals surface area contributed by atoms with Crippen LogP contribution >= 0.6 is 0 Å². The predicted molar refractivity (Wildman–Crippen MR) is 94.7 cm³/mol. The maximum absolute atomic E-state index is 9.80. The van der Waals surface area contributed by atoms with Gasteiger partial charge in [0.25, 0.3) is 0 Å². The summed E-state index contributed by atoms with van der Waals surface area (Å²) >= 11 is 0. The van der Waals surface area contributed by atoms with Crippen LogP contribution in [0.1, 0.15) is 58.8 Å². The Balaban J connectivity index is 1.93. The monoisotopic (exact) mass is 325 g/mol. The number of aliphatic imine (C=N–C) groups is 1. The Morgan fingerprint density at radius 2 is 1.74 bits per heavy atom. The molecule has 5 nitrogen and oxygen atoms in total. The van der Waals surface area contributed by atoms with Gasteiger partial charge in [0.1, 0.15) is 0 Å². The zero-order valence-electron chi connectivity index (χ0n) is 15.0. The minimum Gasteiger partial charge on any atom is -0.396 e. The average molecular weight is 325 g/mol. The molecule has 0 radical (unpaired) electrons. The first-order valence-electron chi connectivity index (χ1n) is 9.38. The summed E-state index contributed by atoms with van der Waals surface area (Å²) in [6, 6.07) is 0. The molecule has 134 valence electrons. The molecule has 0 bridgehead atoms. The summed E-state index contributed by atoms with van der Waals surface area (Å²) in [6.07, 6.45) is 8.39. The summed E-state index contributed by atoms with van der Waals surface area (Å²) < 4.78 is 5.43. The van der Waals surface area contributed by atoms with Gasteiger partial charge < -0.3 is 20.5 Å². The summed E-state index contributed by atoms with van der Waals surface area (Å²) in [5.41, 5.74) is 0.347. The van der Waals surface area contributed by atoms with Gasteiger partial charge in [0.15, 0.2) is 5.96 Å². The highest BCUT2D eigenvalue weighted by molar-refractivity contribution is 5.79. The molecule has 2 rings (SSSR count). The number of ether oxygens (including phenoxy) is 1. The van der Waals surface area contributed by atoms with Crippen molar-refractivity contribution in [1.29, 1.82) is 0 Å². The molecule has 1 saturated carbocycles. The summed E-state index contributed by atoms with van der Waals surface area (Å²) in [5.74, 6) is 0.895. The van der Waals surface area contributed by atoms with Crippen molar-refractivity contribution in [3.63, 3.8) is 0 Å². The number of nitrogens with one attached hydrogen (secondary N) is 2. The van der Waals surface area contributed by atoms with Crippen LogP contribution in [0, 0.1) is 10.8 Å². The zero-order chi connectivity index (χ0) is 16.6. The highest BCUT2D eigenvalue weighted by Gasteiger charge is 2.33. The quantitative estimate of drug-likeness (QED) is 0.496. The van der Waals surface area contributed by atoms with Crippen molar-refractivity contribution in [2.45, 2.75) is 58.8 Å². The largest absolute Gasteiger partial charge is 0.396 e. The second kappa shape index (κ2) is 8.88. The fourth-order valence-corrected chi connectivity index (χ4v) is 3.81. The first-order chi connectivity index (χ1) is 11.2. The molecule has 0 aromatic carbocycles. The van der Waals surface area contributed by atoms with Gasteiger partial charge >= 0.3 is 0 Å². The first kappa shape index (κ1) is 18.5. The molecule has 0 aromatic rings. The van der Waals surface area contributed by atoms with Gasteiger partial charge in [-0.15, -0.1) is 0 Å². The van der Waals surface area contributed by atoms with Gasteiger partial charge in [-0.05, 0) is 44.4 Å². The minimum atomic E-state index is -0.101. The Morgan fingerprint density at radius 1 is 1.04 bits per heavy atom. The molecule has 1 saturated heterocycles. The molecule has 1 heterocycles. The van der Waals surface area contributed by atoms with Crippen LogP contribution in [0.4, 0.5) is 0 Å². The van der Waals surface area contributed by atoms with Crippen molar-refractivity contribution in [3.8, 4) is 0 Å². The van der Waals surface area contributed by atoms with Crippen LogP contribution in [0.3, 0.4) is 0 Å². The predicted octanol–water partition coefficient (Wildman–Crippen LogP) is 2.30. The summed E-state index contributed by atoms with van der Waals surface area (Å²) in [6.45, 7) is 8.60. The number of hydrogen-bond acceptors (Lipinski definition) is 3. The first-order valence-corrected chi connectivity index (χ1v) is 9.38. The van der Waals surface area contributed by atoms with E-state index in [0.29, 0.717) is 12.0 Å². The van der Waals surface area contributed by atoms with Crippen LogP contribution in [0.2, 0.25) is 0 Å². The molecular formula is C18H35N3O2. The zero-order valence-corrected chi connectivity index (χ0v) is 15.0. The lowest BCUT2D eigenvalue weighted by atomic mass is 9.81. The molecule has 0 unspecified atom stereocenters. The molecule has 0 amide bonds. The third-order valence-electron chi connectivity index (χ3n) is 5.85. The Kier molecular flexibility index (Phi) is 7.15. The molecule has 5 heteroatoms. The molecular weight excluding hydrogens is 290 g/mol. The number of rotatable bonds is 7. The van der Waals surface area contributed by atoms with Gasteiger partial charge in [-0.2, -0.15) is 0 Å². The van der Waals surface area contributed by atoms with Crippen LogP contribution in [0.5, 0.6) is 0 Å². The Hall–Kier alpha value is -0.810. The highest BCUT2D eigenvalue weighted by atomic mass is 16.5. The normalized spacial score (nSPS) is 23.7. The van der Waals surface area contributed by atoms with E-state index >= 15 is 0 Å². The second-order valence-corrected chi connectivity index (χ2v) is 7.38. The maximum atomic E-state index is 9.80. The molecule has 3 N–H and O–H groups in total. The number of nitrogens with zero attached hydrogens (tertiary/aromatic N) is 1. The number of hydrogen-bond donors (Lipinski definition) is 3. The molecule has 1 aliphatic carbocycles. The van der Waals surface area contributed by atoms with Crippen molar-refractivity contribution in [1.82, 2.24) is 10.6 Å². The minimum absolute atomic E-state index is 0.101. The lowest BCUT2D eigenvalue weighted by Gasteiger charge is -2.34. The molecule has 2 aliphatic rings. The smallest absolute Gasteiger partial charge is 0.191 e. The van der Waals surface area contributed by atoms with E-state index in [1.807, 2.05) is 0 Å². The average Bonchev–Trinajstić information content (AvgIpc) is 3.08. The van der Waals surface area contributed by atoms with E-state index in [9.17, 15) is 5.11 Å². The third kappa shape index (κ3) is 5.08. The summed E-state index contributed by atoms with van der Waals surface area (Å²) in [5, 5.41) is 16.7. The molecule has 0 aromatic heterocycles. The van der Waals surface area contributed by atoms with E-state index in [0.717, 1.165) is 45.1 Å². The lowest BCUT2D eigenvalue weighted by molar-refractivity contribution is -0.0106. The summed E-state index contributed by atoms with van der Waals surface area (Å²) in [4.78, 5) is 4.79. The van der Waals surface area contributed by atoms with Crippen molar-refractivity contribution in [2.75, 3.05) is 39.5 Å². The number of guanidine groups is 1. The van der Waals surface area contributed by atoms with E-state index in [-0.39, 0.29) is 12.0 Å². The summed E-state index contributed by atoms with van der Waals surface area (Å²) in [7, 11) is 0. The van der Waals surface area contributed by atoms with Crippen LogP contribution in [0.25, 0.3) is 0 Å². The van der Waals surface area contributed by atoms with E-state index in [4.69, 9.17) is 9.73 Å². The Labute approximate surface area is 141 Å². The van der Waals surface area contributed by atoms with Crippen LogP contribution < -0.4 is 10.6 Å². The van der Waals surface area contributed by atoms with Gasteiger partial charge in [0.2, 0.25) is 0 Å². The van der Waals surface area contributed by atoms with Crippen LogP contribution in [0.15, 0.2) is 4.99 Å². The van der Waals surface area contributed by atoms with Crippen LogP contribution in [-0.4, -0.2) is 50.5 Å². The SMILES string of the molecule is CCNC(=NCC1(CO)CCOCC1)NCC1(CC)CCCC1. The molecule has 23 heavy (non-hydrogen) atoms. The van der Waals surface area contributed by atoms with Gasteiger partial charge in [0.05, 0.1) is 13.2 Å². The third-order valence-corrected chi connectivity index (χ3v) is 5.85. The van der Waals surface area contributed by atoms with Gasteiger partial charge in [-0.3, -0.25) is 4.99 Å². The lowest BCUT2D eigenvalue weighted by Crippen LogP contribution is -2.44. The Bertz CT molecular complexity index is 372. The van der Waals surface area contributed by atoms with Gasteiger partial charge in [0, 0.05) is 31.7 Å².